The largest absolute Gasteiger partial charge is 0.396 e. The average Bonchev–Trinajstić information content (AvgIpc) is 2.77. The van der Waals surface area contributed by atoms with Crippen LogP contribution in [0.5, 0.6) is 0 Å². The molecule has 1 unspecified atom stereocenters. The van der Waals surface area contributed by atoms with Gasteiger partial charge in [0.15, 0.2) is 0 Å². The summed E-state index contributed by atoms with van der Waals surface area (Å²) in [6.45, 7) is 6.39. The van der Waals surface area contributed by atoms with E-state index in [0.717, 1.165) is 25.9 Å². The number of aliphatic hydroxyl groups is 1. The van der Waals surface area contributed by atoms with Gasteiger partial charge in [0.25, 0.3) is 0 Å². The second kappa shape index (κ2) is 6.26. The van der Waals surface area contributed by atoms with Gasteiger partial charge in [-0.3, -0.25) is 0 Å². The van der Waals surface area contributed by atoms with E-state index in [1.165, 1.54) is 4.88 Å². The normalized spacial score (nSPS) is 15.1. The van der Waals surface area contributed by atoms with Gasteiger partial charge in [-0.15, -0.1) is 11.3 Å². The molecule has 0 bridgehead atoms. The zero-order valence-corrected chi connectivity index (χ0v) is 10.4. The Bertz CT molecular complexity index is 255. The summed E-state index contributed by atoms with van der Waals surface area (Å²) in [4.78, 5) is 1.42. The Hall–Kier alpha value is -0.380. The minimum Gasteiger partial charge on any atom is -0.396 e. The van der Waals surface area contributed by atoms with Crippen molar-refractivity contribution in [2.45, 2.75) is 26.7 Å². The van der Waals surface area contributed by atoms with E-state index in [1.807, 2.05) is 0 Å². The summed E-state index contributed by atoms with van der Waals surface area (Å²) in [6, 6.07) is 4.25. The van der Waals surface area contributed by atoms with E-state index in [4.69, 9.17) is 0 Å². The lowest BCUT2D eigenvalue weighted by atomic mass is 9.89. The third-order valence-electron chi connectivity index (χ3n) is 2.92. The van der Waals surface area contributed by atoms with Crippen LogP contribution in [0.2, 0.25) is 0 Å². The van der Waals surface area contributed by atoms with Crippen LogP contribution < -0.4 is 5.32 Å². The van der Waals surface area contributed by atoms with Crippen molar-refractivity contribution < 1.29 is 5.11 Å². The van der Waals surface area contributed by atoms with Crippen molar-refractivity contribution in [2.24, 2.45) is 5.41 Å². The summed E-state index contributed by atoms with van der Waals surface area (Å²) in [5.41, 5.74) is 0.0372. The first-order chi connectivity index (χ1) is 7.20. The first-order valence-corrected chi connectivity index (χ1v) is 6.42. The standard InChI is InChI=1S/C12H21NOS/c1-3-12(2,10-14)9-13-7-6-11-5-4-8-15-11/h4-5,8,13-14H,3,6-7,9-10H2,1-2H3. The van der Waals surface area contributed by atoms with Crippen LogP contribution in [0.25, 0.3) is 0 Å². The Morgan fingerprint density at radius 2 is 2.33 bits per heavy atom. The smallest absolute Gasteiger partial charge is 0.0496 e. The summed E-state index contributed by atoms with van der Waals surface area (Å²) >= 11 is 1.80. The third-order valence-corrected chi connectivity index (χ3v) is 3.85. The van der Waals surface area contributed by atoms with Gasteiger partial charge in [-0.1, -0.05) is 19.9 Å². The van der Waals surface area contributed by atoms with E-state index < -0.39 is 0 Å². The first-order valence-electron chi connectivity index (χ1n) is 5.54. The van der Waals surface area contributed by atoms with E-state index >= 15 is 0 Å². The SMILES string of the molecule is CCC(C)(CO)CNCCc1cccs1. The Labute approximate surface area is 96.3 Å². The van der Waals surface area contributed by atoms with Gasteiger partial charge in [-0.25, -0.2) is 0 Å². The molecule has 2 nitrogen and oxygen atoms in total. The quantitative estimate of drug-likeness (QED) is 0.701. The van der Waals surface area contributed by atoms with E-state index in [1.54, 1.807) is 11.3 Å². The molecule has 0 radical (unpaired) electrons. The molecule has 2 N–H and O–H groups in total. The van der Waals surface area contributed by atoms with Crippen LogP contribution in [0.15, 0.2) is 17.5 Å². The van der Waals surface area contributed by atoms with E-state index in [9.17, 15) is 5.11 Å². The molecule has 0 fully saturated rings. The Kier molecular flexibility index (Phi) is 5.29. The molecule has 0 saturated heterocycles. The van der Waals surface area contributed by atoms with Crippen molar-refractivity contribution in [1.82, 2.24) is 5.32 Å². The molecule has 1 aromatic rings. The van der Waals surface area contributed by atoms with Gasteiger partial charge >= 0.3 is 0 Å². The molecule has 3 heteroatoms. The summed E-state index contributed by atoms with van der Waals surface area (Å²) < 4.78 is 0. The van der Waals surface area contributed by atoms with Gasteiger partial charge < -0.3 is 10.4 Å². The zero-order chi connectivity index (χ0) is 11.1. The zero-order valence-electron chi connectivity index (χ0n) is 9.62. The lowest BCUT2D eigenvalue weighted by Gasteiger charge is -2.25. The third kappa shape index (κ3) is 4.33. The maximum atomic E-state index is 9.23. The van der Waals surface area contributed by atoms with Gasteiger partial charge in [-0.05, 0) is 30.8 Å². The number of nitrogens with one attached hydrogen (secondary N) is 1. The summed E-state index contributed by atoms with van der Waals surface area (Å²) in [7, 11) is 0. The van der Waals surface area contributed by atoms with Crippen LogP contribution in [0.4, 0.5) is 0 Å². The van der Waals surface area contributed by atoms with Gasteiger partial charge in [0.1, 0.15) is 0 Å². The highest BCUT2D eigenvalue weighted by Crippen LogP contribution is 2.18. The summed E-state index contributed by atoms with van der Waals surface area (Å²) in [6.07, 6.45) is 2.10. The maximum Gasteiger partial charge on any atom is 0.0496 e. The van der Waals surface area contributed by atoms with Gasteiger partial charge in [0.05, 0.1) is 0 Å². The van der Waals surface area contributed by atoms with E-state index in [0.29, 0.717) is 0 Å². The first kappa shape index (κ1) is 12.7. The molecular weight excluding hydrogens is 206 g/mol. The lowest BCUT2D eigenvalue weighted by molar-refractivity contribution is 0.136. The topological polar surface area (TPSA) is 32.3 Å². The fourth-order valence-corrected chi connectivity index (χ4v) is 2.06. The van der Waals surface area contributed by atoms with Gasteiger partial charge in [0.2, 0.25) is 0 Å². The Morgan fingerprint density at radius 3 is 2.87 bits per heavy atom. The molecule has 0 amide bonds. The molecular formula is C12H21NOS. The molecule has 1 heterocycles. The molecule has 0 spiro atoms. The average molecular weight is 227 g/mol. The van der Waals surface area contributed by atoms with Crippen LogP contribution in [0, 0.1) is 5.41 Å². The highest BCUT2D eigenvalue weighted by Gasteiger charge is 2.19. The second-order valence-electron chi connectivity index (χ2n) is 4.33. The molecule has 15 heavy (non-hydrogen) atoms. The molecule has 1 atom stereocenters. The monoisotopic (exact) mass is 227 g/mol. The molecule has 0 aliphatic carbocycles. The molecule has 0 aromatic carbocycles. The Balaban J connectivity index is 2.16. The molecule has 1 aromatic heterocycles. The van der Waals surface area contributed by atoms with E-state index in [2.05, 4.69) is 36.7 Å². The predicted molar refractivity (Wildman–Crippen MR) is 66.4 cm³/mol. The van der Waals surface area contributed by atoms with Crippen molar-refractivity contribution in [3.05, 3.63) is 22.4 Å². The van der Waals surface area contributed by atoms with E-state index in [-0.39, 0.29) is 12.0 Å². The predicted octanol–water partition coefficient (Wildman–Crippen LogP) is 2.29. The minimum atomic E-state index is 0.0372. The fraction of sp³-hybridized carbons (Fsp3) is 0.667. The van der Waals surface area contributed by atoms with Crippen LogP contribution >= 0.6 is 11.3 Å². The van der Waals surface area contributed by atoms with Crippen LogP contribution in [0.1, 0.15) is 25.1 Å². The van der Waals surface area contributed by atoms with Gasteiger partial charge in [0, 0.05) is 23.4 Å². The lowest BCUT2D eigenvalue weighted by Crippen LogP contribution is -2.35. The van der Waals surface area contributed by atoms with Crippen molar-refractivity contribution in [3.63, 3.8) is 0 Å². The van der Waals surface area contributed by atoms with Crippen LogP contribution in [0.3, 0.4) is 0 Å². The second-order valence-corrected chi connectivity index (χ2v) is 5.36. The number of thiophene rings is 1. The van der Waals surface area contributed by atoms with Crippen molar-refractivity contribution in [1.29, 1.82) is 0 Å². The van der Waals surface area contributed by atoms with Crippen molar-refractivity contribution in [3.8, 4) is 0 Å². The maximum absolute atomic E-state index is 9.23. The van der Waals surface area contributed by atoms with Crippen molar-refractivity contribution in [2.75, 3.05) is 19.7 Å². The number of hydrogen-bond donors (Lipinski definition) is 2. The number of hydrogen-bond acceptors (Lipinski definition) is 3. The van der Waals surface area contributed by atoms with Crippen LogP contribution in [-0.4, -0.2) is 24.8 Å². The molecule has 0 aliphatic heterocycles. The minimum absolute atomic E-state index is 0.0372. The number of aliphatic hydroxyl groups excluding tert-OH is 1. The Morgan fingerprint density at radius 1 is 1.53 bits per heavy atom. The van der Waals surface area contributed by atoms with Crippen molar-refractivity contribution >= 4 is 11.3 Å². The summed E-state index contributed by atoms with van der Waals surface area (Å²) in [5.74, 6) is 0. The van der Waals surface area contributed by atoms with Gasteiger partial charge in [-0.2, -0.15) is 0 Å². The molecule has 0 aliphatic rings. The molecule has 1 rings (SSSR count). The van der Waals surface area contributed by atoms with Crippen LogP contribution in [-0.2, 0) is 6.42 Å². The fourth-order valence-electron chi connectivity index (χ4n) is 1.35. The highest BCUT2D eigenvalue weighted by atomic mass is 32.1. The number of rotatable bonds is 7. The molecule has 86 valence electrons. The highest BCUT2D eigenvalue weighted by molar-refractivity contribution is 7.09. The molecule has 0 saturated carbocycles. The summed E-state index contributed by atoms with van der Waals surface area (Å²) in [5, 5.41) is 14.8.